The number of hydrogen-bond acceptors (Lipinski definition) is 4. The van der Waals surface area contributed by atoms with Crippen LogP contribution in [0.2, 0.25) is 0 Å². The lowest BCUT2D eigenvalue weighted by Gasteiger charge is -1.93. The molecular formula is C4H7NO4. The van der Waals surface area contributed by atoms with Gasteiger partial charge >= 0.3 is 12.1 Å². The van der Waals surface area contributed by atoms with Crippen LogP contribution in [-0.2, 0) is 9.53 Å². The van der Waals surface area contributed by atoms with Gasteiger partial charge in [0.25, 0.3) is 0 Å². The maximum atomic E-state index is 10.2. The van der Waals surface area contributed by atoms with Crippen LogP contribution in [0.4, 0.5) is 4.79 Å². The number of nitrogens with two attached hydrogens (primary N) is 1. The molecule has 0 saturated heterocycles. The predicted molar refractivity (Wildman–Crippen MR) is 27.4 cm³/mol. The van der Waals surface area contributed by atoms with Crippen molar-refractivity contribution >= 4 is 12.1 Å². The minimum Gasteiger partial charge on any atom is -0.396 e. The quantitative estimate of drug-likeness (QED) is 0.373. The van der Waals surface area contributed by atoms with E-state index in [0.29, 0.717) is 0 Å². The van der Waals surface area contributed by atoms with Crippen molar-refractivity contribution in [2.75, 3.05) is 6.61 Å². The molecule has 5 nitrogen and oxygen atoms in total. The lowest BCUT2D eigenvalue weighted by atomic mass is 10.5. The van der Waals surface area contributed by atoms with Gasteiger partial charge in [-0.3, -0.25) is 4.79 Å². The van der Waals surface area contributed by atoms with E-state index >= 15 is 0 Å². The van der Waals surface area contributed by atoms with Crippen LogP contribution in [0.15, 0.2) is 0 Å². The van der Waals surface area contributed by atoms with Crippen molar-refractivity contribution in [1.29, 1.82) is 0 Å². The molecule has 0 aliphatic rings. The largest absolute Gasteiger partial charge is 0.412 e. The highest BCUT2D eigenvalue weighted by atomic mass is 16.6. The monoisotopic (exact) mass is 133 g/mol. The Morgan fingerprint density at radius 1 is 1.56 bits per heavy atom. The van der Waals surface area contributed by atoms with Gasteiger partial charge in [-0.1, -0.05) is 0 Å². The van der Waals surface area contributed by atoms with Gasteiger partial charge in [-0.15, -0.1) is 0 Å². The Hall–Kier alpha value is -1.10. The number of ether oxygens (including phenoxy) is 1. The summed E-state index contributed by atoms with van der Waals surface area (Å²) in [5.41, 5.74) is 4.46. The highest BCUT2D eigenvalue weighted by Gasteiger charge is 2.03. The fourth-order valence-electron chi connectivity index (χ4n) is 0.255. The number of rotatable bonds is 2. The number of hydrogen-bond donors (Lipinski definition) is 2. The van der Waals surface area contributed by atoms with Gasteiger partial charge in [0.1, 0.15) is 0 Å². The highest BCUT2D eigenvalue weighted by molar-refractivity contribution is 5.83. The third-order valence-electron chi connectivity index (χ3n) is 0.530. The molecule has 0 bridgehead atoms. The third-order valence-corrected chi connectivity index (χ3v) is 0.530. The van der Waals surface area contributed by atoms with Crippen molar-refractivity contribution in [1.82, 2.24) is 0 Å². The average molecular weight is 133 g/mol. The second-order valence-electron chi connectivity index (χ2n) is 1.27. The number of aliphatic hydroxyl groups excluding tert-OH is 1. The van der Waals surface area contributed by atoms with E-state index < -0.39 is 12.1 Å². The summed E-state index contributed by atoms with van der Waals surface area (Å²) in [5, 5.41) is 8.10. The third kappa shape index (κ3) is 4.76. The fourth-order valence-corrected chi connectivity index (χ4v) is 0.255. The zero-order valence-corrected chi connectivity index (χ0v) is 4.66. The molecule has 0 heterocycles. The summed E-state index contributed by atoms with van der Waals surface area (Å²) in [6.07, 6.45) is -1.35. The number of esters is 1. The summed E-state index contributed by atoms with van der Waals surface area (Å²) in [6.45, 7) is -0.341. The average Bonchev–Trinajstić information content (AvgIpc) is 1.63. The fraction of sp³-hybridized carbons (Fsp3) is 0.500. The molecular weight excluding hydrogens is 126 g/mol. The van der Waals surface area contributed by atoms with Crippen molar-refractivity contribution in [3.05, 3.63) is 0 Å². The second-order valence-corrected chi connectivity index (χ2v) is 1.27. The summed E-state index contributed by atoms with van der Waals surface area (Å²) >= 11 is 0. The molecule has 0 radical (unpaired) electrons. The SMILES string of the molecule is NC(=O)OC(=O)CCO. The summed E-state index contributed by atoms with van der Waals surface area (Å²) < 4.78 is 3.83. The minimum absolute atomic E-state index is 0.205. The molecule has 3 N–H and O–H groups in total. The van der Waals surface area contributed by atoms with Gasteiger partial charge in [-0.25, -0.2) is 4.79 Å². The van der Waals surface area contributed by atoms with Gasteiger partial charge in [-0.05, 0) is 0 Å². The molecule has 0 aliphatic heterocycles. The lowest BCUT2D eigenvalue weighted by molar-refractivity contribution is -0.137. The number of amides is 1. The van der Waals surface area contributed by atoms with Crippen LogP contribution >= 0.6 is 0 Å². The molecule has 0 aliphatic carbocycles. The zero-order chi connectivity index (χ0) is 7.28. The predicted octanol–water partition coefficient (Wildman–Crippen LogP) is -1.01. The van der Waals surface area contributed by atoms with Crippen LogP contribution in [0.5, 0.6) is 0 Å². The van der Waals surface area contributed by atoms with Gasteiger partial charge < -0.3 is 15.6 Å². The first-order chi connectivity index (χ1) is 4.16. The molecule has 0 rings (SSSR count). The molecule has 0 unspecified atom stereocenters. The molecule has 5 heteroatoms. The van der Waals surface area contributed by atoms with Crippen LogP contribution < -0.4 is 5.73 Å². The Bertz CT molecular complexity index is 122. The van der Waals surface area contributed by atoms with Crippen molar-refractivity contribution in [3.8, 4) is 0 Å². The van der Waals surface area contributed by atoms with E-state index in [9.17, 15) is 9.59 Å². The van der Waals surface area contributed by atoms with E-state index in [1.807, 2.05) is 0 Å². The topological polar surface area (TPSA) is 89.6 Å². The molecule has 52 valence electrons. The smallest absolute Gasteiger partial charge is 0.396 e. The first-order valence-corrected chi connectivity index (χ1v) is 2.27. The Morgan fingerprint density at radius 2 is 2.11 bits per heavy atom. The minimum atomic E-state index is -1.14. The molecule has 0 fully saturated rings. The number of carbonyl (C=O) groups excluding carboxylic acids is 2. The van der Waals surface area contributed by atoms with Crippen LogP contribution in [-0.4, -0.2) is 23.8 Å². The van der Waals surface area contributed by atoms with Crippen molar-refractivity contribution < 1.29 is 19.4 Å². The molecule has 9 heavy (non-hydrogen) atoms. The molecule has 0 atom stereocenters. The molecule has 0 saturated carbocycles. The number of primary amides is 1. The van der Waals surface area contributed by atoms with E-state index in [2.05, 4.69) is 10.5 Å². The maximum Gasteiger partial charge on any atom is 0.412 e. The molecule has 0 aromatic heterocycles. The van der Waals surface area contributed by atoms with Gasteiger partial charge in [0.05, 0.1) is 13.0 Å². The molecule has 1 amide bonds. The van der Waals surface area contributed by atoms with E-state index in [4.69, 9.17) is 5.11 Å². The Kier molecular flexibility index (Phi) is 3.38. The van der Waals surface area contributed by atoms with Crippen LogP contribution in [0.1, 0.15) is 6.42 Å². The summed E-state index contributed by atoms with van der Waals surface area (Å²) in [7, 11) is 0. The summed E-state index contributed by atoms with van der Waals surface area (Å²) in [6, 6.07) is 0. The van der Waals surface area contributed by atoms with Gasteiger partial charge in [-0.2, -0.15) is 0 Å². The van der Waals surface area contributed by atoms with E-state index in [-0.39, 0.29) is 13.0 Å². The van der Waals surface area contributed by atoms with E-state index in [1.165, 1.54) is 0 Å². The summed E-state index contributed by atoms with van der Waals surface area (Å²) in [5.74, 6) is -0.815. The van der Waals surface area contributed by atoms with Gasteiger partial charge in [0, 0.05) is 0 Å². The second kappa shape index (κ2) is 3.85. The first-order valence-electron chi connectivity index (χ1n) is 2.27. The maximum absolute atomic E-state index is 10.2. The molecule has 0 aromatic rings. The van der Waals surface area contributed by atoms with Crippen molar-refractivity contribution in [2.45, 2.75) is 6.42 Å². The summed E-state index contributed by atoms with van der Waals surface area (Å²) in [4.78, 5) is 20.0. The Morgan fingerprint density at radius 3 is 2.44 bits per heavy atom. The standard InChI is InChI=1S/C4H7NO4/c5-4(8)9-3(7)1-2-6/h6H,1-2H2,(H2,5,8). The Labute approximate surface area is 51.4 Å². The van der Waals surface area contributed by atoms with Crippen LogP contribution in [0.3, 0.4) is 0 Å². The number of aliphatic hydroxyl groups is 1. The molecule has 0 spiro atoms. The van der Waals surface area contributed by atoms with Crippen LogP contribution in [0.25, 0.3) is 0 Å². The van der Waals surface area contributed by atoms with E-state index in [0.717, 1.165) is 0 Å². The molecule has 0 aromatic carbocycles. The zero-order valence-electron chi connectivity index (χ0n) is 4.66. The van der Waals surface area contributed by atoms with Crippen molar-refractivity contribution in [2.24, 2.45) is 5.73 Å². The first kappa shape index (κ1) is 7.90. The highest BCUT2D eigenvalue weighted by Crippen LogP contribution is 1.82. The lowest BCUT2D eigenvalue weighted by Crippen LogP contribution is -2.18. The van der Waals surface area contributed by atoms with Crippen molar-refractivity contribution in [3.63, 3.8) is 0 Å². The van der Waals surface area contributed by atoms with Gasteiger partial charge in [0.15, 0.2) is 0 Å². The van der Waals surface area contributed by atoms with Gasteiger partial charge in [0.2, 0.25) is 0 Å². The normalized spacial score (nSPS) is 8.56. The van der Waals surface area contributed by atoms with Crippen LogP contribution in [0, 0.1) is 0 Å². The Balaban J connectivity index is 3.39. The number of carbonyl (C=O) groups is 2. The van der Waals surface area contributed by atoms with E-state index in [1.54, 1.807) is 0 Å².